The van der Waals surface area contributed by atoms with E-state index >= 15 is 0 Å². The van der Waals surface area contributed by atoms with E-state index in [1.165, 1.54) is 0 Å². The first-order valence-electron chi connectivity index (χ1n) is 6.65. The highest BCUT2D eigenvalue weighted by Gasteiger charge is 2.23. The lowest BCUT2D eigenvalue weighted by Gasteiger charge is -2.26. The molecule has 1 fully saturated rings. The molecule has 0 spiro atoms. The standard InChI is InChI=1S/C14H18N4O/c1-18-9-7-11(8-10-18)13-16-17-14(19-13)15-12-5-3-2-4-6-12/h2-6,11H,7-10H2,1H3,(H,15,17). The third kappa shape index (κ3) is 2.93. The van der Waals surface area contributed by atoms with Crippen LogP contribution in [0.5, 0.6) is 0 Å². The SMILES string of the molecule is CN1CCC(c2nnc(Nc3ccccc3)o2)CC1. The van der Waals surface area contributed by atoms with Crippen molar-refractivity contribution >= 4 is 11.7 Å². The molecule has 100 valence electrons. The van der Waals surface area contributed by atoms with Crippen molar-refractivity contribution in [2.24, 2.45) is 0 Å². The number of rotatable bonds is 3. The van der Waals surface area contributed by atoms with Gasteiger partial charge in [0.25, 0.3) is 0 Å². The summed E-state index contributed by atoms with van der Waals surface area (Å²) in [5, 5.41) is 11.3. The van der Waals surface area contributed by atoms with Crippen molar-refractivity contribution in [2.45, 2.75) is 18.8 Å². The predicted molar refractivity (Wildman–Crippen MR) is 73.5 cm³/mol. The Balaban J connectivity index is 1.66. The Labute approximate surface area is 112 Å². The van der Waals surface area contributed by atoms with Crippen LogP contribution in [-0.4, -0.2) is 35.2 Å². The largest absolute Gasteiger partial charge is 0.408 e. The molecule has 0 unspecified atom stereocenters. The van der Waals surface area contributed by atoms with Gasteiger partial charge in [-0.15, -0.1) is 5.10 Å². The van der Waals surface area contributed by atoms with Crippen molar-refractivity contribution in [1.29, 1.82) is 0 Å². The van der Waals surface area contributed by atoms with Gasteiger partial charge in [0.05, 0.1) is 0 Å². The molecule has 0 aliphatic carbocycles. The normalized spacial score (nSPS) is 17.5. The van der Waals surface area contributed by atoms with Gasteiger partial charge in [0.15, 0.2) is 0 Å². The van der Waals surface area contributed by atoms with Gasteiger partial charge in [0.1, 0.15) is 0 Å². The van der Waals surface area contributed by atoms with Crippen LogP contribution in [0.4, 0.5) is 11.7 Å². The Kier molecular flexibility index (Phi) is 3.46. The number of nitrogens with zero attached hydrogens (tertiary/aromatic N) is 3. The van der Waals surface area contributed by atoms with Gasteiger partial charge in [0, 0.05) is 11.6 Å². The van der Waals surface area contributed by atoms with Crippen LogP contribution in [0.3, 0.4) is 0 Å². The average molecular weight is 258 g/mol. The summed E-state index contributed by atoms with van der Waals surface area (Å²) in [5.74, 6) is 1.15. The van der Waals surface area contributed by atoms with Crippen LogP contribution >= 0.6 is 0 Å². The summed E-state index contributed by atoms with van der Waals surface area (Å²) in [6, 6.07) is 10.3. The summed E-state index contributed by atoms with van der Waals surface area (Å²) in [5.41, 5.74) is 0.959. The maximum absolute atomic E-state index is 5.71. The van der Waals surface area contributed by atoms with Gasteiger partial charge in [0.2, 0.25) is 5.89 Å². The summed E-state index contributed by atoms with van der Waals surface area (Å²) < 4.78 is 5.71. The van der Waals surface area contributed by atoms with Crippen LogP contribution in [0.15, 0.2) is 34.7 Å². The van der Waals surface area contributed by atoms with E-state index in [9.17, 15) is 0 Å². The Hall–Kier alpha value is -1.88. The monoisotopic (exact) mass is 258 g/mol. The molecule has 1 aromatic carbocycles. The summed E-state index contributed by atoms with van der Waals surface area (Å²) in [6.45, 7) is 2.18. The zero-order valence-electron chi connectivity index (χ0n) is 11.0. The number of hydrogen-bond donors (Lipinski definition) is 1. The van der Waals surface area contributed by atoms with Gasteiger partial charge < -0.3 is 14.6 Å². The van der Waals surface area contributed by atoms with E-state index in [0.29, 0.717) is 11.9 Å². The first kappa shape index (κ1) is 12.2. The van der Waals surface area contributed by atoms with Gasteiger partial charge in [-0.1, -0.05) is 23.3 Å². The minimum absolute atomic E-state index is 0.398. The molecule has 0 radical (unpaired) electrons. The lowest BCUT2D eigenvalue weighted by molar-refractivity contribution is 0.238. The molecule has 0 bridgehead atoms. The lowest BCUT2D eigenvalue weighted by atomic mass is 9.97. The van der Waals surface area contributed by atoms with Gasteiger partial charge in [-0.25, -0.2) is 0 Å². The zero-order valence-corrected chi connectivity index (χ0v) is 11.0. The number of piperidine rings is 1. The van der Waals surface area contributed by atoms with Crippen molar-refractivity contribution in [3.05, 3.63) is 36.2 Å². The highest BCUT2D eigenvalue weighted by atomic mass is 16.4. The Morgan fingerprint density at radius 3 is 2.63 bits per heavy atom. The van der Waals surface area contributed by atoms with Crippen molar-refractivity contribution in [3.63, 3.8) is 0 Å². The topological polar surface area (TPSA) is 54.2 Å². The fourth-order valence-electron chi connectivity index (χ4n) is 2.35. The maximum Gasteiger partial charge on any atom is 0.320 e. The molecular weight excluding hydrogens is 240 g/mol. The summed E-state index contributed by atoms with van der Waals surface area (Å²) in [7, 11) is 2.15. The number of anilines is 2. The molecule has 5 nitrogen and oxygen atoms in total. The molecule has 0 amide bonds. The fourth-order valence-corrected chi connectivity index (χ4v) is 2.35. The Morgan fingerprint density at radius 2 is 1.89 bits per heavy atom. The van der Waals surface area contributed by atoms with E-state index < -0.39 is 0 Å². The van der Waals surface area contributed by atoms with Crippen LogP contribution in [0.1, 0.15) is 24.7 Å². The average Bonchev–Trinajstić information content (AvgIpc) is 2.89. The van der Waals surface area contributed by atoms with Crippen LogP contribution in [0.25, 0.3) is 0 Å². The van der Waals surface area contributed by atoms with Crippen LogP contribution in [0, 0.1) is 0 Å². The Bertz CT molecular complexity index is 517. The van der Waals surface area contributed by atoms with E-state index in [1.54, 1.807) is 0 Å². The first-order chi connectivity index (χ1) is 9.31. The van der Waals surface area contributed by atoms with E-state index in [1.807, 2.05) is 30.3 Å². The van der Waals surface area contributed by atoms with E-state index in [-0.39, 0.29) is 0 Å². The maximum atomic E-state index is 5.71. The van der Waals surface area contributed by atoms with E-state index in [0.717, 1.165) is 37.5 Å². The third-order valence-corrected chi connectivity index (χ3v) is 3.53. The van der Waals surface area contributed by atoms with Crippen LogP contribution < -0.4 is 5.32 Å². The molecule has 19 heavy (non-hydrogen) atoms. The minimum atomic E-state index is 0.398. The van der Waals surface area contributed by atoms with Crippen molar-refractivity contribution in [3.8, 4) is 0 Å². The second-order valence-corrected chi connectivity index (χ2v) is 5.01. The minimum Gasteiger partial charge on any atom is -0.408 e. The molecule has 2 heterocycles. The molecular formula is C14H18N4O. The predicted octanol–water partition coefficient (Wildman–Crippen LogP) is 2.62. The fraction of sp³-hybridized carbons (Fsp3) is 0.429. The molecule has 0 atom stereocenters. The van der Waals surface area contributed by atoms with Crippen molar-refractivity contribution < 1.29 is 4.42 Å². The highest BCUT2D eigenvalue weighted by Crippen LogP contribution is 2.27. The lowest BCUT2D eigenvalue weighted by Crippen LogP contribution is -2.29. The zero-order chi connectivity index (χ0) is 13.1. The number of hydrogen-bond acceptors (Lipinski definition) is 5. The van der Waals surface area contributed by atoms with Crippen molar-refractivity contribution in [1.82, 2.24) is 15.1 Å². The molecule has 1 saturated heterocycles. The molecule has 1 N–H and O–H groups in total. The smallest absolute Gasteiger partial charge is 0.320 e. The summed E-state index contributed by atoms with van der Waals surface area (Å²) in [4.78, 5) is 2.33. The first-order valence-corrected chi connectivity index (χ1v) is 6.65. The van der Waals surface area contributed by atoms with Gasteiger partial charge >= 0.3 is 6.01 Å². The highest BCUT2D eigenvalue weighted by molar-refractivity contribution is 5.50. The summed E-state index contributed by atoms with van der Waals surface area (Å²) >= 11 is 0. The number of para-hydroxylation sites is 1. The van der Waals surface area contributed by atoms with E-state index in [4.69, 9.17) is 4.42 Å². The van der Waals surface area contributed by atoms with Crippen molar-refractivity contribution in [2.75, 3.05) is 25.5 Å². The van der Waals surface area contributed by atoms with E-state index in [2.05, 4.69) is 27.5 Å². The number of aromatic nitrogens is 2. The molecule has 0 saturated carbocycles. The number of nitrogens with one attached hydrogen (secondary N) is 1. The van der Waals surface area contributed by atoms with Gasteiger partial charge in [-0.2, -0.15) is 0 Å². The molecule has 5 heteroatoms. The molecule has 3 rings (SSSR count). The number of benzene rings is 1. The Morgan fingerprint density at radius 1 is 1.16 bits per heavy atom. The second kappa shape index (κ2) is 5.40. The molecule has 1 aliphatic rings. The number of likely N-dealkylation sites (tertiary alicyclic amines) is 1. The molecule has 1 aliphatic heterocycles. The molecule has 1 aromatic heterocycles. The van der Waals surface area contributed by atoms with Gasteiger partial charge in [-0.3, -0.25) is 0 Å². The van der Waals surface area contributed by atoms with Crippen LogP contribution in [0.2, 0.25) is 0 Å². The van der Waals surface area contributed by atoms with Crippen LogP contribution in [-0.2, 0) is 0 Å². The summed E-state index contributed by atoms with van der Waals surface area (Å²) in [6.07, 6.45) is 2.17. The quantitative estimate of drug-likeness (QED) is 0.917. The third-order valence-electron chi connectivity index (χ3n) is 3.53. The van der Waals surface area contributed by atoms with Gasteiger partial charge in [-0.05, 0) is 45.1 Å². The molecule has 2 aromatic rings. The second-order valence-electron chi connectivity index (χ2n) is 5.01.